The fourth-order valence-electron chi connectivity index (χ4n) is 4.23. The van der Waals surface area contributed by atoms with Crippen molar-refractivity contribution in [2.24, 2.45) is 0 Å². The Morgan fingerprint density at radius 3 is 2.21 bits per heavy atom. The van der Waals surface area contributed by atoms with Gasteiger partial charge in [0.2, 0.25) is 0 Å². The first kappa shape index (κ1) is 28.1. The first-order valence-corrected chi connectivity index (χ1v) is 13.8. The van der Waals surface area contributed by atoms with Crippen molar-refractivity contribution >= 4 is 39.0 Å². The van der Waals surface area contributed by atoms with Gasteiger partial charge in [-0.15, -0.1) is 0 Å². The summed E-state index contributed by atoms with van der Waals surface area (Å²) in [6.07, 6.45) is -2.64. The maximum Gasteiger partial charge on any atom is 0.416 e. The zero-order chi connectivity index (χ0) is 27.7. The number of carboxylic acids is 1. The van der Waals surface area contributed by atoms with E-state index in [4.69, 9.17) is 37.8 Å². The fraction of sp³-hybridized carbons (Fsp3) is 0.269. The second-order valence-corrected chi connectivity index (χ2v) is 11.4. The number of sulfone groups is 1. The van der Waals surface area contributed by atoms with Crippen molar-refractivity contribution in [3.05, 3.63) is 86.4 Å². The number of halogens is 5. The Kier molecular flexibility index (Phi) is 8.15. The largest absolute Gasteiger partial charge is 0.487 e. The number of ether oxygens (including phenoxy) is 2. The number of fused-ring (bicyclic) bond motifs is 1. The molecule has 38 heavy (non-hydrogen) atoms. The number of aliphatic carboxylic acids is 1. The summed E-state index contributed by atoms with van der Waals surface area (Å²) in [7, 11) is -3.86. The third-order valence-corrected chi connectivity index (χ3v) is 8.68. The molecule has 0 fully saturated rings. The minimum Gasteiger partial charge on any atom is -0.487 e. The van der Waals surface area contributed by atoms with E-state index < -0.39 is 39.9 Å². The highest BCUT2D eigenvalue weighted by Gasteiger charge is 2.30. The second-order valence-electron chi connectivity index (χ2n) is 8.65. The van der Waals surface area contributed by atoms with E-state index in [1.165, 1.54) is 36.4 Å². The molecule has 0 aromatic heterocycles. The molecule has 1 N–H and O–H groups in total. The lowest BCUT2D eigenvalue weighted by molar-refractivity contribution is -0.139. The molecule has 0 atom stereocenters. The summed E-state index contributed by atoms with van der Waals surface area (Å²) >= 11 is 12.7. The van der Waals surface area contributed by atoms with E-state index in [-0.39, 0.29) is 32.9 Å². The Morgan fingerprint density at radius 2 is 1.55 bits per heavy atom. The Balaban J connectivity index is 1.51. The summed E-state index contributed by atoms with van der Waals surface area (Å²) in [6.45, 7) is -0.603. The van der Waals surface area contributed by atoms with E-state index in [1.54, 1.807) is 0 Å². The smallest absolute Gasteiger partial charge is 0.416 e. The Morgan fingerprint density at radius 1 is 0.895 bits per heavy atom. The number of rotatable bonds is 9. The minimum absolute atomic E-state index is 0.0155. The third kappa shape index (κ3) is 6.19. The van der Waals surface area contributed by atoms with Crippen molar-refractivity contribution in [1.29, 1.82) is 0 Å². The lowest BCUT2D eigenvalue weighted by Crippen LogP contribution is -2.12. The normalized spacial score (nSPS) is 13.3. The first-order chi connectivity index (χ1) is 17.9. The van der Waals surface area contributed by atoms with Crippen LogP contribution in [0.15, 0.2) is 53.4 Å². The van der Waals surface area contributed by atoms with E-state index in [2.05, 4.69) is 0 Å². The standard InChI is InChI=1S/C26H21Cl2F3O6S/c27-24-16(6-9-21(25(24)28)36-12-15-4-7-17(8-5-15)26(29,30)31)14-38(34,35)22-11-10-20(37-13-23(32)33)18-2-1-3-19(18)22/h4-11H,1-3,12-14H2,(H,32,33). The number of hydrogen-bond donors (Lipinski definition) is 1. The van der Waals surface area contributed by atoms with Crippen LogP contribution in [0.2, 0.25) is 10.0 Å². The molecule has 1 aliphatic rings. The van der Waals surface area contributed by atoms with Gasteiger partial charge in [-0.2, -0.15) is 13.2 Å². The van der Waals surface area contributed by atoms with Gasteiger partial charge in [-0.3, -0.25) is 0 Å². The number of carbonyl (C=O) groups is 1. The molecule has 0 saturated carbocycles. The highest BCUT2D eigenvalue weighted by Crippen LogP contribution is 2.39. The Labute approximate surface area is 226 Å². The first-order valence-electron chi connectivity index (χ1n) is 11.3. The average molecular weight is 589 g/mol. The highest BCUT2D eigenvalue weighted by atomic mass is 35.5. The lowest BCUT2D eigenvalue weighted by Gasteiger charge is -2.15. The van der Waals surface area contributed by atoms with Gasteiger partial charge in [0.15, 0.2) is 16.4 Å². The van der Waals surface area contributed by atoms with Crippen LogP contribution in [0.1, 0.15) is 34.2 Å². The van der Waals surface area contributed by atoms with Gasteiger partial charge in [0.25, 0.3) is 0 Å². The van der Waals surface area contributed by atoms with E-state index in [1.807, 2.05) is 0 Å². The minimum atomic E-state index is -4.44. The SMILES string of the molecule is O=C(O)COc1ccc(S(=O)(=O)Cc2ccc(OCc3ccc(C(F)(F)F)cc3)c(Cl)c2Cl)c2c1CCC2. The van der Waals surface area contributed by atoms with Crippen LogP contribution in [0.3, 0.4) is 0 Å². The summed E-state index contributed by atoms with van der Waals surface area (Å²) in [5, 5.41) is 8.84. The summed E-state index contributed by atoms with van der Waals surface area (Å²) in [5.74, 6) is -1.06. The Hall–Kier alpha value is -2.95. The highest BCUT2D eigenvalue weighted by molar-refractivity contribution is 7.90. The van der Waals surface area contributed by atoms with Gasteiger partial charge in [-0.05, 0) is 71.8 Å². The van der Waals surface area contributed by atoms with Crippen LogP contribution >= 0.6 is 23.2 Å². The van der Waals surface area contributed by atoms with Crippen molar-refractivity contribution < 1.29 is 41.0 Å². The molecule has 6 nitrogen and oxygen atoms in total. The van der Waals surface area contributed by atoms with Gasteiger partial charge >= 0.3 is 12.1 Å². The summed E-state index contributed by atoms with van der Waals surface area (Å²) in [5.41, 5.74) is 1.23. The van der Waals surface area contributed by atoms with Crippen LogP contribution in [0.25, 0.3) is 0 Å². The molecule has 3 aromatic rings. The monoisotopic (exact) mass is 588 g/mol. The van der Waals surface area contributed by atoms with E-state index in [0.717, 1.165) is 12.1 Å². The van der Waals surface area contributed by atoms with Gasteiger partial charge in [-0.1, -0.05) is 41.4 Å². The quantitative estimate of drug-likeness (QED) is 0.306. The molecule has 0 heterocycles. The second kappa shape index (κ2) is 11.0. The van der Waals surface area contributed by atoms with Gasteiger partial charge in [0.05, 0.1) is 21.2 Å². The number of alkyl halides is 3. The summed E-state index contributed by atoms with van der Waals surface area (Å²) < 4.78 is 75.9. The van der Waals surface area contributed by atoms with Crippen LogP contribution in [0.4, 0.5) is 13.2 Å². The van der Waals surface area contributed by atoms with E-state index in [0.29, 0.717) is 41.7 Å². The molecule has 0 bridgehead atoms. The van der Waals surface area contributed by atoms with Crippen LogP contribution in [-0.4, -0.2) is 26.1 Å². The number of benzene rings is 3. The molecule has 0 amide bonds. The molecule has 0 radical (unpaired) electrons. The van der Waals surface area contributed by atoms with Crippen LogP contribution in [0.5, 0.6) is 11.5 Å². The van der Waals surface area contributed by atoms with Crippen molar-refractivity contribution in [2.75, 3.05) is 6.61 Å². The topological polar surface area (TPSA) is 89.9 Å². The average Bonchev–Trinajstić information content (AvgIpc) is 3.34. The van der Waals surface area contributed by atoms with Gasteiger partial charge in [0, 0.05) is 0 Å². The lowest BCUT2D eigenvalue weighted by atomic mass is 10.1. The van der Waals surface area contributed by atoms with E-state index in [9.17, 15) is 26.4 Å². The molecule has 0 unspecified atom stereocenters. The van der Waals surface area contributed by atoms with Crippen molar-refractivity contribution in [3.8, 4) is 11.5 Å². The third-order valence-electron chi connectivity index (χ3n) is 6.03. The fourth-order valence-corrected chi connectivity index (χ4v) is 6.46. The summed E-state index contributed by atoms with van der Waals surface area (Å²) in [4.78, 5) is 11.0. The maximum absolute atomic E-state index is 13.3. The molecule has 0 aliphatic heterocycles. The van der Waals surface area contributed by atoms with Gasteiger partial charge in [0.1, 0.15) is 23.1 Å². The van der Waals surface area contributed by atoms with Crippen LogP contribution in [-0.2, 0) is 46.0 Å². The van der Waals surface area contributed by atoms with E-state index >= 15 is 0 Å². The summed E-state index contributed by atoms with van der Waals surface area (Å²) in [6, 6.07) is 10.3. The maximum atomic E-state index is 13.3. The molecule has 0 spiro atoms. The number of hydrogen-bond acceptors (Lipinski definition) is 5. The molecular weight excluding hydrogens is 568 g/mol. The molecular formula is C26H21Cl2F3O6S. The van der Waals surface area contributed by atoms with Crippen LogP contribution < -0.4 is 9.47 Å². The molecule has 12 heteroatoms. The molecule has 202 valence electrons. The van der Waals surface area contributed by atoms with Crippen LogP contribution in [0, 0.1) is 0 Å². The number of carboxylic acid groups (broad SMARTS) is 1. The Bertz CT molecular complexity index is 1470. The zero-order valence-electron chi connectivity index (χ0n) is 19.6. The zero-order valence-corrected chi connectivity index (χ0v) is 22.0. The molecule has 3 aromatic carbocycles. The van der Waals surface area contributed by atoms with Gasteiger partial charge < -0.3 is 14.6 Å². The molecule has 4 rings (SSSR count). The molecule has 0 saturated heterocycles. The van der Waals surface area contributed by atoms with Gasteiger partial charge in [-0.25, -0.2) is 13.2 Å². The predicted octanol–water partition coefficient (Wildman–Crippen LogP) is 6.52. The van der Waals surface area contributed by atoms with Crippen molar-refractivity contribution in [3.63, 3.8) is 0 Å². The molecule has 1 aliphatic carbocycles. The predicted molar refractivity (Wildman–Crippen MR) is 135 cm³/mol. The van der Waals surface area contributed by atoms with Crippen molar-refractivity contribution in [1.82, 2.24) is 0 Å². The van der Waals surface area contributed by atoms with Crippen molar-refractivity contribution in [2.45, 2.75) is 42.7 Å².